The third kappa shape index (κ3) is 3.03. The van der Waals surface area contributed by atoms with Crippen LogP contribution in [0.3, 0.4) is 0 Å². The average molecular weight is 330 g/mol. The maximum Gasteiger partial charge on any atom is 0.280 e. The molecule has 4 rings (SSSR count). The van der Waals surface area contributed by atoms with E-state index in [9.17, 15) is 4.79 Å². The molecule has 0 aromatic carbocycles. The maximum absolute atomic E-state index is 12.7. The number of nitrogens with zero attached hydrogens (tertiary/aromatic N) is 4. The van der Waals surface area contributed by atoms with Crippen molar-refractivity contribution in [2.75, 3.05) is 0 Å². The van der Waals surface area contributed by atoms with Crippen LogP contribution in [-0.4, -0.2) is 19.5 Å². The van der Waals surface area contributed by atoms with E-state index in [0.717, 1.165) is 37.2 Å². The minimum Gasteiger partial charge on any atom is -0.294 e. The van der Waals surface area contributed by atoms with Crippen LogP contribution in [0, 0.1) is 17.8 Å². The van der Waals surface area contributed by atoms with Gasteiger partial charge in [0.25, 0.3) is 5.56 Å². The quantitative estimate of drug-likeness (QED) is 0.643. The molecular weight excluding hydrogens is 312 g/mol. The van der Waals surface area contributed by atoms with Crippen molar-refractivity contribution in [2.24, 2.45) is 5.92 Å². The first-order chi connectivity index (χ1) is 12.2. The van der Waals surface area contributed by atoms with Crippen LogP contribution < -0.4 is 5.56 Å². The van der Waals surface area contributed by atoms with Gasteiger partial charge in [-0.05, 0) is 36.5 Å². The summed E-state index contributed by atoms with van der Waals surface area (Å²) in [7, 11) is 0. The lowest BCUT2D eigenvalue weighted by Gasteiger charge is -2.24. The van der Waals surface area contributed by atoms with Gasteiger partial charge in [0.05, 0.1) is 5.52 Å². The molecule has 0 spiro atoms. The molecule has 0 N–H and O–H groups in total. The molecule has 1 unspecified atom stereocenters. The molecule has 1 aliphatic heterocycles. The minimum absolute atomic E-state index is 0.0395. The van der Waals surface area contributed by atoms with Gasteiger partial charge >= 0.3 is 0 Å². The van der Waals surface area contributed by atoms with Crippen LogP contribution in [-0.2, 0) is 13.0 Å². The van der Waals surface area contributed by atoms with Gasteiger partial charge in [0.1, 0.15) is 11.5 Å². The summed E-state index contributed by atoms with van der Waals surface area (Å²) >= 11 is 0. The summed E-state index contributed by atoms with van der Waals surface area (Å²) < 4.78 is 1.80. The Morgan fingerprint density at radius 3 is 3.00 bits per heavy atom. The second-order valence-corrected chi connectivity index (χ2v) is 6.31. The first-order valence-corrected chi connectivity index (χ1v) is 8.57. The SMILES string of the molecule is CCC1CCc2nc3cc(C#Cc4ccccn4)cnc3c(=O)n2C1. The fraction of sp³-hybridized carbons (Fsp3) is 0.300. The predicted octanol–water partition coefficient (Wildman–Crippen LogP) is 2.56. The van der Waals surface area contributed by atoms with Crippen LogP contribution in [0.5, 0.6) is 0 Å². The van der Waals surface area contributed by atoms with E-state index in [2.05, 4.69) is 33.7 Å². The smallest absolute Gasteiger partial charge is 0.280 e. The number of fused-ring (bicyclic) bond motifs is 2. The molecule has 5 heteroatoms. The standard InChI is InChI=1S/C20H18N4O/c1-2-14-7-9-18-23-17-11-15(6-8-16-5-3-4-10-21-16)12-22-19(17)20(25)24(18)13-14/h3-5,10-12,14H,2,7,9,13H2,1H3. The number of hydrogen-bond acceptors (Lipinski definition) is 4. The monoisotopic (exact) mass is 330 g/mol. The Labute approximate surface area is 145 Å². The van der Waals surface area contributed by atoms with E-state index in [-0.39, 0.29) is 5.56 Å². The number of aromatic nitrogens is 4. The van der Waals surface area contributed by atoms with Crippen LogP contribution in [0.25, 0.3) is 11.0 Å². The van der Waals surface area contributed by atoms with Crippen LogP contribution in [0.4, 0.5) is 0 Å². The zero-order chi connectivity index (χ0) is 17.2. The second-order valence-electron chi connectivity index (χ2n) is 6.31. The number of hydrogen-bond donors (Lipinski definition) is 0. The molecule has 1 aliphatic rings. The largest absolute Gasteiger partial charge is 0.294 e. The summed E-state index contributed by atoms with van der Waals surface area (Å²) in [6.07, 6.45) is 6.35. The first kappa shape index (κ1) is 15.5. The third-order valence-corrected chi connectivity index (χ3v) is 4.67. The van der Waals surface area contributed by atoms with Gasteiger partial charge in [-0.15, -0.1) is 0 Å². The molecular formula is C20H18N4O. The lowest BCUT2D eigenvalue weighted by Crippen LogP contribution is -2.32. The Balaban J connectivity index is 1.75. The van der Waals surface area contributed by atoms with E-state index in [1.807, 2.05) is 24.3 Å². The zero-order valence-electron chi connectivity index (χ0n) is 14.1. The molecule has 4 heterocycles. The van der Waals surface area contributed by atoms with Crippen molar-refractivity contribution in [3.63, 3.8) is 0 Å². The number of pyridine rings is 2. The van der Waals surface area contributed by atoms with Crippen molar-refractivity contribution in [3.05, 3.63) is 64.1 Å². The molecule has 3 aromatic rings. The Morgan fingerprint density at radius 1 is 1.28 bits per heavy atom. The van der Waals surface area contributed by atoms with Crippen LogP contribution in [0.1, 0.15) is 36.8 Å². The Morgan fingerprint density at radius 2 is 2.20 bits per heavy atom. The average Bonchev–Trinajstić information content (AvgIpc) is 2.67. The van der Waals surface area contributed by atoms with E-state index in [0.29, 0.717) is 22.6 Å². The second kappa shape index (κ2) is 6.48. The lowest BCUT2D eigenvalue weighted by molar-refractivity contribution is 0.346. The summed E-state index contributed by atoms with van der Waals surface area (Å²) in [4.78, 5) is 25.9. The highest BCUT2D eigenvalue weighted by Gasteiger charge is 2.21. The van der Waals surface area contributed by atoms with Crippen molar-refractivity contribution in [1.82, 2.24) is 19.5 Å². The molecule has 5 nitrogen and oxygen atoms in total. The van der Waals surface area contributed by atoms with Crippen LogP contribution in [0.2, 0.25) is 0 Å². The summed E-state index contributed by atoms with van der Waals surface area (Å²) in [5.41, 5.74) is 2.44. The molecule has 124 valence electrons. The Hall–Kier alpha value is -3.00. The number of rotatable bonds is 1. The van der Waals surface area contributed by atoms with Crippen molar-refractivity contribution in [2.45, 2.75) is 32.7 Å². The lowest BCUT2D eigenvalue weighted by atomic mass is 9.96. The third-order valence-electron chi connectivity index (χ3n) is 4.67. The normalized spacial score (nSPS) is 16.1. The fourth-order valence-electron chi connectivity index (χ4n) is 3.18. The molecule has 0 radical (unpaired) electrons. The molecule has 3 aromatic heterocycles. The van der Waals surface area contributed by atoms with Gasteiger partial charge in [-0.3, -0.25) is 9.36 Å². The van der Waals surface area contributed by atoms with Crippen LogP contribution in [0.15, 0.2) is 41.5 Å². The fourth-order valence-corrected chi connectivity index (χ4v) is 3.18. The molecule has 0 saturated carbocycles. The van der Waals surface area contributed by atoms with E-state index >= 15 is 0 Å². The van der Waals surface area contributed by atoms with E-state index < -0.39 is 0 Å². The highest BCUT2D eigenvalue weighted by atomic mass is 16.1. The molecule has 0 bridgehead atoms. The Kier molecular flexibility index (Phi) is 4.02. The van der Waals surface area contributed by atoms with Crippen molar-refractivity contribution >= 4 is 11.0 Å². The molecule has 1 atom stereocenters. The molecule has 25 heavy (non-hydrogen) atoms. The highest BCUT2D eigenvalue weighted by Crippen LogP contribution is 2.21. The van der Waals surface area contributed by atoms with E-state index in [1.54, 1.807) is 17.0 Å². The minimum atomic E-state index is -0.0395. The highest BCUT2D eigenvalue weighted by molar-refractivity contribution is 5.74. The molecule has 0 fully saturated rings. The van der Waals surface area contributed by atoms with Gasteiger partial charge in [0.15, 0.2) is 5.52 Å². The summed E-state index contributed by atoms with van der Waals surface area (Å²) in [5.74, 6) is 7.46. The van der Waals surface area contributed by atoms with Gasteiger partial charge in [0.2, 0.25) is 0 Å². The van der Waals surface area contributed by atoms with E-state index in [4.69, 9.17) is 0 Å². The van der Waals surface area contributed by atoms with Crippen molar-refractivity contribution in [1.29, 1.82) is 0 Å². The molecule has 0 amide bonds. The van der Waals surface area contributed by atoms with Gasteiger partial charge in [0, 0.05) is 30.9 Å². The summed E-state index contributed by atoms with van der Waals surface area (Å²) in [6.45, 7) is 2.91. The van der Waals surface area contributed by atoms with Gasteiger partial charge in [-0.25, -0.2) is 15.0 Å². The first-order valence-electron chi connectivity index (χ1n) is 8.57. The summed E-state index contributed by atoms with van der Waals surface area (Å²) in [6, 6.07) is 7.44. The number of aryl methyl sites for hydroxylation is 1. The zero-order valence-corrected chi connectivity index (χ0v) is 14.1. The Bertz CT molecular complexity index is 1040. The van der Waals surface area contributed by atoms with E-state index in [1.165, 1.54) is 0 Å². The van der Waals surface area contributed by atoms with Crippen molar-refractivity contribution < 1.29 is 0 Å². The predicted molar refractivity (Wildman–Crippen MR) is 96.1 cm³/mol. The van der Waals surface area contributed by atoms with Crippen LogP contribution >= 0.6 is 0 Å². The topological polar surface area (TPSA) is 60.7 Å². The summed E-state index contributed by atoms with van der Waals surface area (Å²) in [5, 5.41) is 0. The van der Waals surface area contributed by atoms with Gasteiger partial charge < -0.3 is 0 Å². The van der Waals surface area contributed by atoms with Gasteiger partial charge in [-0.2, -0.15) is 0 Å². The van der Waals surface area contributed by atoms with Gasteiger partial charge in [-0.1, -0.05) is 25.3 Å². The van der Waals surface area contributed by atoms with Crippen molar-refractivity contribution in [3.8, 4) is 11.8 Å². The molecule has 0 aliphatic carbocycles. The molecule has 0 saturated heterocycles. The maximum atomic E-state index is 12.7.